The second kappa shape index (κ2) is 4.05. The molecule has 3 nitrogen and oxygen atoms in total. The number of aryl methyl sites for hydroxylation is 1. The molecular formula is C11H14N2O. The van der Waals surface area contributed by atoms with Gasteiger partial charge in [-0.25, -0.2) is 0 Å². The second-order valence-corrected chi connectivity index (χ2v) is 3.28. The van der Waals surface area contributed by atoms with E-state index in [-0.39, 0.29) is 5.78 Å². The SMILES string of the molecule is CC(=O)C(=C(C)N)c1cccc(C)n1. The molecule has 3 heteroatoms. The lowest BCUT2D eigenvalue weighted by Crippen LogP contribution is -2.06. The maximum Gasteiger partial charge on any atom is 0.163 e. The van der Waals surface area contributed by atoms with Crippen molar-refractivity contribution in [3.63, 3.8) is 0 Å². The first-order valence-corrected chi connectivity index (χ1v) is 4.43. The first-order chi connectivity index (χ1) is 6.52. The van der Waals surface area contributed by atoms with Gasteiger partial charge in [-0.2, -0.15) is 0 Å². The van der Waals surface area contributed by atoms with Gasteiger partial charge in [-0.1, -0.05) is 6.07 Å². The van der Waals surface area contributed by atoms with Gasteiger partial charge in [-0.3, -0.25) is 9.78 Å². The number of Topliss-reactive ketones (excluding diaryl/α,β-unsaturated/α-hetero) is 1. The summed E-state index contributed by atoms with van der Waals surface area (Å²) in [4.78, 5) is 15.6. The molecule has 0 aliphatic carbocycles. The summed E-state index contributed by atoms with van der Waals surface area (Å²) >= 11 is 0. The summed E-state index contributed by atoms with van der Waals surface area (Å²) in [5.41, 5.74) is 8.18. The van der Waals surface area contributed by atoms with Crippen LogP contribution in [0.4, 0.5) is 0 Å². The van der Waals surface area contributed by atoms with E-state index in [4.69, 9.17) is 5.73 Å². The van der Waals surface area contributed by atoms with Crippen LogP contribution in [0.2, 0.25) is 0 Å². The van der Waals surface area contributed by atoms with Gasteiger partial charge < -0.3 is 5.73 Å². The first kappa shape index (κ1) is 10.4. The predicted molar refractivity (Wildman–Crippen MR) is 56.4 cm³/mol. The van der Waals surface area contributed by atoms with Crippen LogP contribution in [-0.2, 0) is 4.79 Å². The molecule has 0 aromatic carbocycles. The quantitative estimate of drug-likeness (QED) is 0.722. The Kier molecular flexibility index (Phi) is 3.02. The zero-order valence-corrected chi connectivity index (χ0v) is 8.66. The molecule has 0 unspecified atom stereocenters. The van der Waals surface area contributed by atoms with E-state index in [2.05, 4.69) is 4.98 Å². The minimum atomic E-state index is -0.0527. The van der Waals surface area contributed by atoms with Crippen LogP contribution in [-0.4, -0.2) is 10.8 Å². The van der Waals surface area contributed by atoms with Crippen molar-refractivity contribution in [2.24, 2.45) is 5.73 Å². The fourth-order valence-electron chi connectivity index (χ4n) is 1.34. The number of nitrogens with zero attached hydrogens (tertiary/aromatic N) is 1. The number of rotatable bonds is 2. The lowest BCUT2D eigenvalue weighted by Gasteiger charge is -2.05. The monoisotopic (exact) mass is 190 g/mol. The van der Waals surface area contributed by atoms with Crippen molar-refractivity contribution in [2.45, 2.75) is 20.8 Å². The molecular weight excluding hydrogens is 176 g/mol. The third-order valence-electron chi connectivity index (χ3n) is 1.89. The van der Waals surface area contributed by atoms with Gasteiger partial charge in [0.15, 0.2) is 5.78 Å². The zero-order chi connectivity index (χ0) is 10.7. The third kappa shape index (κ3) is 2.19. The number of nitrogens with two attached hydrogens (primary N) is 1. The minimum Gasteiger partial charge on any atom is -0.402 e. The van der Waals surface area contributed by atoms with Crippen LogP contribution in [0.3, 0.4) is 0 Å². The van der Waals surface area contributed by atoms with Crippen LogP contribution in [0, 0.1) is 6.92 Å². The summed E-state index contributed by atoms with van der Waals surface area (Å²) in [7, 11) is 0. The van der Waals surface area contributed by atoms with Crippen LogP contribution in [0.25, 0.3) is 5.57 Å². The van der Waals surface area contributed by atoms with Gasteiger partial charge in [0.25, 0.3) is 0 Å². The van der Waals surface area contributed by atoms with Crippen molar-refractivity contribution < 1.29 is 4.79 Å². The second-order valence-electron chi connectivity index (χ2n) is 3.28. The molecule has 1 aromatic rings. The molecule has 14 heavy (non-hydrogen) atoms. The molecule has 0 aliphatic heterocycles. The minimum absolute atomic E-state index is 0.0527. The number of aromatic nitrogens is 1. The number of allylic oxidation sites excluding steroid dienone is 2. The van der Waals surface area contributed by atoms with Crippen LogP contribution in [0.5, 0.6) is 0 Å². The summed E-state index contributed by atoms with van der Waals surface area (Å²) in [6.07, 6.45) is 0. The summed E-state index contributed by atoms with van der Waals surface area (Å²) in [6, 6.07) is 5.54. The summed E-state index contributed by atoms with van der Waals surface area (Å²) in [6.45, 7) is 5.09. The fourth-order valence-corrected chi connectivity index (χ4v) is 1.34. The first-order valence-electron chi connectivity index (χ1n) is 4.43. The standard InChI is InChI=1S/C11H14N2O/c1-7-5-4-6-10(13-7)11(8(2)12)9(3)14/h4-6H,12H2,1-3H3. The molecule has 2 N–H and O–H groups in total. The molecule has 1 aromatic heterocycles. The van der Waals surface area contributed by atoms with E-state index in [1.807, 2.05) is 19.1 Å². The molecule has 0 saturated heterocycles. The predicted octanol–water partition coefficient (Wildman–Crippen LogP) is 1.67. The van der Waals surface area contributed by atoms with E-state index in [0.717, 1.165) is 5.69 Å². The lowest BCUT2D eigenvalue weighted by atomic mass is 10.1. The Morgan fingerprint density at radius 1 is 1.36 bits per heavy atom. The lowest BCUT2D eigenvalue weighted by molar-refractivity contribution is -0.111. The number of carbonyl (C=O) groups excluding carboxylic acids is 1. The van der Waals surface area contributed by atoms with E-state index in [1.165, 1.54) is 6.92 Å². The molecule has 1 heterocycles. The fraction of sp³-hybridized carbons (Fsp3) is 0.273. The molecule has 1 rings (SSSR count). The van der Waals surface area contributed by atoms with Crippen LogP contribution in [0.1, 0.15) is 25.2 Å². The number of hydrogen-bond donors (Lipinski definition) is 1. The van der Waals surface area contributed by atoms with E-state index in [1.54, 1.807) is 13.0 Å². The Balaban J connectivity index is 3.27. The zero-order valence-electron chi connectivity index (χ0n) is 8.66. The summed E-state index contributed by atoms with van der Waals surface area (Å²) < 4.78 is 0. The molecule has 0 saturated carbocycles. The maximum absolute atomic E-state index is 11.3. The van der Waals surface area contributed by atoms with Crippen molar-refractivity contribution in [1.82, 2.24) is 4.98 Å². The van der Waals surface area contributed by atoms with Gasteiger partial charge in [-0.15, -0.1) is 0 Å². The number of pyridine rings is 1. The molecule has 0 spiro atoms. The van der Waals surface area contributed by atoms with Crippen molar-refractivity contribution in [2.75, 3.05) is 0 Å². The molecule has 0 radical (unpaired) electrons. The molecule has 0 aliphatic rings. The number of carbonyl (C=O) groups is 1. The van der Waals surface area contributed by atoms with E-state index in [9.17, 15) is 4.79 Å². The Morgan fingerprint density at radius 2 is 2.00 bits per heavy atom. The maximum atomic E-state index is 11.3. The van der Waals surface area contributed by atoms with E-state index < -0.39 is 0 Å². The molecule has 0 fully saturated rings. The topological polar surface area (TPSA) is 56.0 Å². The highest BCUT2D eigenvalue weighted by molar-refractivity contribution is 6.19. The van der Waals surface area contributed by atoms with E-state index in [0.29, 0.717) is 17.0 Å². The molecule has 0 amide bonds. The summed E-state index contributed by atoms with van der Waals surface area (Å²) in [5.74, 6) is -0.0527. The normalized spacial score (nSPS) is 12.2. The number of ketones is 1. The Labute approximate surface area is 83.7 Å². The van der Waals surface area contributed by atoms with E-state index >= 15 is 0 Å². The highest BCUT2D eigenvalue weighted by Crippen LogP contribution is 2.15. The van der Waals surface area contributed by atoms with Crippen molar-refractivity contribution in [3.05, 3.63) is 35.3 Å². The van der Waals surface area contributed by atoms with Crippen LogP contribution < -0.4 is 5.73 Å². The van der Waals surface area contributed by atoms with Gasteiger partial charge in [0.1, 0.15) is 0 Å². The van der Waals surface area contributed by atoms with Gasteiger partial charge in [-0.05, 0) is 32.9 Å². The molecule has 74 valence electrons. The van der Waals surface area contributed by atoms with Gasteiger partial charge in [0, 0.05) is 11.4 Å². The summed E-state index contributed by atoms with van der Waals surface area (Å²) in [5, 5.41) is 0. The molecule has 0 bridgehead atoms. The Morgan fingerprint density at radius 3 is 2.43 bits per heavy atom. The van der Waals surface area contributed by atoms with Crippen molar-refractivity contribution in [1.29, 1.82) is 0 Å². The Hall–Kier alpha value is -1.64. The van der Waals surface area contributed by atoms with Crippen LogP contribution >= 0.6 is 0 Å². The smallest absolute Gasteiger partial charge is 0.163 e. The largest absolute Gasteiger partial charge is 0.402 e. The average Bonchev–Trinajstić information content (AvgIpc) is 2.02. The van der Waals surface area contributed by atoms with Crippen LogP contribution in [0.15, 0.2) is 23.9 Å². The third-order valence-corrected chi connectivity index (χ3v) is 1.89. The molecule has 0 atom stereocenters. The van der Waals surface area contributed by atoms with Crippen molar-refractivity contribution >= 4 is 11.4 Å². The van der Waals surface area contributed by atoms with Gasteiger partial charge in [0.05, 0.1) is 11.3 Å². The highest BCUT2D eigenvalue weighted by Gasteiger charge is 2.10. The average molecular weight is 190 g/mol. The van der Waals surface area contributed by atoms with Crippen molar-refractivity contribution in [3.8, 4) is 0 Å². The Bertz CT molecular complexity index is 390. The number of hydrogen-bond acceptors (Lipinski definition) is 3. The highest BCUT2D eigenvalue weighted by atomic mass is 16.1. The van der Waals surface area contributed by atoms with Gasteiger partial charge >= 0.3 is 0 Å². The van der Waals surface area contributed by atoms with Gasteiger partial charge in [0.2, 0.25) is 0 Å².